The highest BCUT2D eigenvalue weighted by atomic mass is 32.1. The second kappa shape index (κ2) is 7.12. The van der Waals surface area contributed by atoms with Gasteiger partial charge in [0.2, 0.25) is 0 Å². The van der Waals surface area contributed by atoms with Crippen LogP contribution >= 0.6 is 11.3 Å². The minimum absolute atomic E-state index is 0. The van der Waals surface area contributed by atoms with Crippen LogP contribution in [0.1, 0.15) is 27.7 Å². The highest BCUT2D eigenvalue weighted by molar-refractivity contribution is 7.25. The van der Waals surface area contributed by atoms with Gasteiger partial charge in [0.15, 0.2) is 0 Å². The number of rotatable bonds is 3. The van der Waals surface area contributed by atoms with E-state index in [-0.39, 0.29) is 18.5 Å². The van der Waals surface area contributed by atoms with Crippen LogP contribution in [-0.2, 0) is 6.54 Å². The average molecular weight is 402 g/mol. The monoisotopic (exact) mass is 401 g/mol. The van der Waals surface area contributed by atoms with Crippen molar-refractivity contribution in [1.82, 2.24) is 4.57 Å². The van der Waals surface area contributed by atoms with Gasteiger partial charge in [-0.25, -0.2) is 0 Å². The van der Waals surface area contributed by atoms with Gasteiger partial charge in [0.1, 0.15) is 0 Å². The predicted molar refractivity (Wildman–Crippen MR) is 127 cm³/mol. The van der Waals surface area contributed by atoms with Gasteiger partial charge in [-0.15, -0.1) is 11.3 Å². The first-order valence-electron chi connectivity index (χ1n) is 9.43. The van der Waals surface area contributed by atoms with Crippen molar-refractivity contribution in [1.29, 1.82) is 0 Å². The molecule has 2 heterocycles. The number of hydrogen-bond acceptors (Lipinski definition) is 3. The molecule has 0 spiro atoms. The molecule has 4 heteroatoms. The zero-order valence-corrected chi connectivity index (χ0v) is 16.6. The van der Waals surface area contributed by atoms with Gasteiger partial charge in [-0.2, -0.15) is 0 Å². The van der Waals surface area contributed by atoms with Gasteiger partial charge < -0.3 is 0 Å². The number of fused-ring (bicyclic) bond motifs is 2. The molecular weight excluding hydrogens is 378 g/mol. The second-order valence-electron chi connectivity index (χ2n) is 7.45. The van der Waals surface area contributed by atoms with Gasteiger partial charge in [-0.1, -0.05) is 43.3 Å². The Balaban J connectivity index is 0.00000205. The van der Waals surface area contributed by atoms with Gasteiger partial charge >= 0.3 is 0 Å². The first kappa shape index (κ1) is 19.3. The molecule has 0 saturated heterocycles. The molecule has 0 saturated carbocycles. The quantitative estimate of drug-likeness (QED) is 0.202. The SMILES string of the molecule is C.CC(C)=CCCn1c(=O)c2ccc3sc4ccccc4c4ccc(c1=O)c2c34. The highest BCUT2D eigenvalue weighted by Crippen LogP contribution is 2.39. The van der Waals surface area contributed by atoms with Crippen LogP contribution in [0.15, 0.2) is 69.8 Å². The lowest BCUT2D eigenvalue weighted by atomic mass is 9.98. The minimum atomic E-state index is -0.188. The standard InChI is InChI=1S/C24H19NO2S.CH4/c1-14(2)6-5-13-25-23(26)17-10-9-16-15-7-3-4-8-19(15)28-20-12-11-18(24(25)27)21(17)22(16)20;/h3-4,6-12H,5,13H2,1-2H3;1H4. The molecule has 0 aliphatic carbocycles. The van der Waals surface area contributed by atoms with Crippen molar-refractivity contribution in [3.63, 3.8) is 0 Å². The number of benzene rings is 3. The van der Waals surface area contributed by atoms with Crippen LogP contribution in [0.3, 0.4) is 0 Å². The molecule has 5 rings (SSSR count). The lowest BCUT2D eigenvalue weighted by molar-refractivity contribution is 0.667. The average Bonchev–Trinajstić information content (AvgIpc) is 2.70. The van der Waals surface area contributed by atoms with Crippen LogP contribution in [0.5, 0.6) is 0 Å². The molecule has 29 heavy (non-hydrogen) atoms. The molecule has 0 radical (unpaired) electrons. The summed E-state index contributed by atoms with van der Waals surface area (Å²) >= 11 is 1.70. The molecule has 146 valence electrons. The number of pyridine rings is 1. The largest absolute Gasteiger partial charge is 0.274 e. The number of nitrogens with zero attached hydrogens (tertiary/aromatic N) is 1. The van der Waals surface area contributed by atoms with E-state index < -0.39 is 0 Å². The van der Waals surface area contributed by atoms with Crippen molar-refractivity contribution >= 4 is 53.1 Å². The Morgan fingerprint density at radius 3 is 2.21 bits per heavy atom. The highest BCUT2D eigenvalue weighted by Gasteiger charge is 2.17. The fourth-order valence-electron chi connectivity index (χ4n) is 4.10. The van der Waals surface area contributed by atoms with E-state index in [1.807, 2.05) is 50.2 Å². The lowest BCUT2D eigenvalue weighted by Gasteiger charge is -2.13. The molecule has 3 aromatic carbocycles. The molecule has 0 aliphatic heterocycles. The number of aromatic nitrogens is 1. The summed E-state index contributed by atoms with van der Waals surface area (Å²) in [7, 11) is 0. The van der Waals surface area contributed by atoms with E-state index in [9.17, 15) is 9.59 Å². The van der Waals surface area contributed by atoms with Crippen molar-refractivity contribution in [2.24, 2.45) is 0 Å². The zero-order valence-electron chi connectivity index (χ0n) is 15.8. The first-order valence-corrected chi connectivity index (χ1v) is 10.2. The van der Waals surface area contributed by atoms with Gasteiger partial charge in [-0.05, 0) is 55.3 Å². The topological polar surface area (TPSA) is 39.1 Å². The molecule has 0 unspecified atom stereocenters. The van der Waals surface area contributed by atoms with Crippen molar-refractivity contribution < 1.29 is 0 Å². The molecule has 3 nitrogen and oxygen atoms in total. The van der Waals surface area contributed by atoms with E-state index in [2.05, 4.69) is 18.2 Å². The molecular formula is C25H23NO2S. The molecule has 5 aromatic rings. The fraction of sp³-hybridized carbons (Fsp3) is 0.200. The van der Waals surface area contributed by atoms with Crippen LogP contribution in [-0.4, -0.2) is 4.57 Å². The van der Waals surface area contributed by atoms with Crippen molar-refractivity contribution in [3.8, 4) is 0 Å². The first-order chi connectivity index (χ1) is 13.6. The van der Waals surface area contributed by atoms with Crippen LogP contribution < -0.4 is 11.1 Å². The smallest absolute Gasteiger partial charge is 0.261 e. The Morgan fingerprint density at radius 2 is 1.48 bits per heavy atom. The van der Waals surface area contributed by atoms with Crippen LogP contribution in [0, 0.1) is 0 Å². The minimum Gasteiger partial charge on any atom is -0.274 e. The molecule has 0 amide bonds. The second-order valence-corrected chi connectivity index (χ2v) is 8.54. The third kappa shape index (κ3) is 2.87. The third-order valence-electron chi connectivity index (χ3n) is 5.38. The number of hydrogen-bond donors (Lipinski definition) is 0. The molecule has 2 aromatic heterocycles. The third-order valence-corrected chi connectivity index (χ3v) is 6.51. The van der Waals surface area contributed by atoms with Gasteiger partial charge in [0, 0.05) is 37.5 Å². The van der Waals surface area contributed by atoms with E-state index >= 15 is 0 Å². The summed E-state index contributed by atoms with van der Waals surface area (Å²) in [6, 6.07) is 16.1. The van der Waals surface area contributed by atoms with Gasteiger partial charge in [0.05, 0.1) is 0 Å². The van der Waals surface area contributed by atoms with Crippen LogP contribution in [0.25, 0.3) is 41.7 Å². The maximum absolute atomic E-state index is 13.1. The Bertz CT molecular complexity index is 1480. The molecule has 0 bridgehead atoms. The van der Waals surface area contributed by atoms with E-state index in [1.54, 1.807) is 11.3 Å². The van der Waals surface area contributed by atoms with E-state index in [0.29, 0.717) is 23.7 Å². The van der Waals surface area contributed by atoms with Crippen LogP contribution in [0.4, 0.5) is 0 Å². The fourth-order valence-corrected chi connectivity index (χ4v) is 5.22. The van der Waals surface area contributed by atoms with Crippen molar-refractivity contribution in [2.75, 3.05) is 0 Å². The van der Waals surface area contributed by atoms with E-state index in [0.717, 1.165) is 26.2 Å². The van der Waals surface area contributed by atoms with E-state index in [4.69, 9.17) is 0 Å². The summed E-state index contributed by atoms with van der Waals surface area (Å²) in [6.45, 7) is 4.45. The summed E-state index contributed by atoms with van der Waals surface area (Å²) in [5.74, 6) is 0. The lowest BCUT2D eigenvalue weighted by Crippen LogP contribution is -2.33. The van der Waals surface area contributed by atoms with Gasteiger partial charge in [0.25, 0.3) is 11.1 Å². The summed E-state index contributed by atoms with van der Waals surface area (Å²) in [5, 5.41) is 5.37. The van der Waals surface area contributed by atoms with E-state index in [1.165, 1.54) is 14.8 Å². The Labute approximate surface area is 172 Å². The van der Waals surface area contributed by atoms with Gasteiger partial charge in [-0.3, -0.25) is 14.2 Å². The molecule has 0 N–H and O–H groups in total. The Kier molecular flexibility index (Phi) is 4.75. The van der Waals surface area contributed by atoms with Crippen molar-refractivity contribution in [3.05, 3.63) is 80.9 Å². The maximum atomic E-state index is 13.1. The summed E-state index contributed by atoms with van der Waals surface area (Å²) in [4.78, 5) is 26.3. The Morgan fingerprint density at radius 1 is 0.828 bits per heavy atom. The zero-order chi connectivity index (χ0) is 19.4. The molecule has 0 atom stereocenters. The predicted octanol–water partition coefficient (Wildman–Crippen LogP) is 6.31. The maximum Gasteiger partial charge on any atom is 0.261 e. The summed E-state index contributed by atoms with van der Waals surface area (Å²) < 4.78 is 3.70. The Hall–Kier alpha value is -2.98. The number of allylic oxidation sites excluding steroid dienone is 2. The normalized spacial score (nSPS) is 11.4. The summed E-state index contributed by atoms with van der Waals surface area (Å²) in [5.41, 5.74) is 0.811. The molecule has 0 fully saturated rings. The van der Waals surface area contributed by atoms with Crippen molar-refractivity contribution in [2.45, 2.75) is 34.2 Å². The summed E-state index contributed by atoms with van der Waals surface area (Å²) in [6.07, 6.45) is 2.74. The molecule has 0 aliphatic rings. The van der Waals surface area contributed by atoms with Crippen LogP contribution in [0.2, 0.25) is 0 Å².